The molecule has 1 atom stereocenters. The Hall–Kier alpha value is -2.71. The molecule has 1 heterocycles. The average Bonchev–Trinajstić information content (AvgIpc) is 3.09. The third kappa shape index (κ3) is 5.51. The molecule has 1 fully saturated rings. The molecule has 31 heavy (non-hydrogen) atoms. The first kappa shape index (κ1) is 23.0. The maximum atomic E-state index is 12.9. The topological polar surface area (TPSA) is 84.0 Å². The number of ether oxygens (including phenoxy) is 1. The number of carbonyl (C=O) groups is 2. The van der Waals surface area contributed by atoms with Crippen LogP contribution in [0, 0.1) is 0 Å². The van der Waals surface area contributed by atoms with Crippen molar-refractivity contribution in [2.75, 3.05) is 25.0 Å². The van der Waals surface area contributed by atoms with E-state index in [1.54, 1.807) is 19.2 Å². The lowest BCUT2D eigenvalue weighted by Crippen LogP contribution is -2.37. The van der Waals surface area contributed by atoms with Crippen LogP contribution in [0.1, 0.15) is 43.0 Å². The van der Waals surface area contributed by atoms with Crippen LogP contribution in [0.5, 0.6) is 0 Å². The lowest BCUT2D eigenvalue weighted by atomic mass is 10.2. The summed E-state index contributed by atoms with van der Waals surface area (Å²) in [6.07, 6.45) is 2.79. The first-order chi connectivity index (χ1) is 14.8. The maximum absolute atomic E-state index is 12.9. The zero-order chi connectivity index (χ0) is 22.4. The first-order valence-corrected chi connectivity index (χ1v) is 11.9. The lowest BCUT2D eigenvalue weighted by Gasteiger charge is -2.22. The van der Waals surface area contributed by atoms with Crippen molar-refractivity contribution in [2.24, 2.45) is 0 Å². The van der Waals surface area contributed by atoms with Gasteiger partial charge in [-0.1, -0.05) is 31.0 Å². The number of benzene rings is 2. The number of esters is 1. The smallest absolute Gasteiger partial charge is 0.338 e. The molecule has 0 aromatic heterocycles. The van der Waals surface area contributed by atoms with Crippen molar-refractivity contribution in [3.8, 4) is 0 Å². The highest BCUT2D eigenvalue weighted by Gasteiger charge is 2.26. The first-order valence-electron chi connectivity index (χ1n) is 10.4. The number of carbonyl (C=O) groups excluding carboxylic acids is 2. The SMILES string of the molecule is C[C@H](OC(=O)c1ccc(S(=O)(=O)N2CCCCCC2)cc1)C(=O)N(C)c1ccccc1. The Balaban J connectivity index is 1.65. The molecule has 1 saturated heterocycles. The van der Waals surface area contributed by atoms with Crippen molar-refractivity contribution in [2.45, 2.75) is 43.6 Å². The molecule has 1 aliphatic rings. The van der Waals surface area contributed by atoms with E-state index in [1.807, 2.05) is 18.2 Å². The molecule has 1 aliphatic heterocycles. The van der Waals surface area contributed by atoms with Crippen LogP contribution in [0.2, 0.25) is 0 Å². The van der Waals surface area contributed by atoms with Crippen LogP contribution in [0.3, 0.4) is 0 Å². The van der Waals surface area contributed by atoms with E-state index >= 15 is 0 Å². The summed E-state index contributed by atoms with van der Waals surface area (Å²) in [5.41, 5.74) is 0.885. The fourth-order valence-electron chi connectivity index (χ4n) is 3.52. The van der Waals surface area contributed by atoms with Crippen LogP contribution in [-0.4, -0.2) is 50.8 Å². The van der Waals surface area contributed by atoms with Gasteiger partial charge in [-0.15, -0.1) is 0 Å². The van der Waals surface area contributed by atoms with E-state index in [2.05, 4.69) is 0 Å². The number of amides is 1. The molecule has 0 radical (unpaired) electrons. The number of likely N-dealkylation sites (N-methyl/N-ethyl adjacent to an activating group) is 1. The normalized spacial score (nSPS) is 16.2. The minimum Gasteiger partial charge on any atom is -0.449 e. The summed E-state index contributed by atoms with van der Waals surface area (Å²) in [6, 6.07) is 14.7. The summed E-state index contributed by atoms with van der Waals surface area (Å²) < 4.78 is 32.5. The van der Waals surface area contributed by atoms with Crippen molar-refractivity contribution < 1.29 is 22.7 Å². The van der Waals surface area contributed by atoms with E-state index in [9.17, 15) is 18.0 Å². The van der Waals surface area contributed by atoms with E-state index in [0.29, 0.717) is 18.8 Å². The average molecular weight is 445 g/mol. The van der Waals surface area contributed by atoms with Crippen molar-refractivity contribution in [3.63, 3.8) is 0 Å². The van der Waals surface area contributed by atoms with Crippen LogP contribution in [0.25, 0.3) is 0 Å². The van der Waals surface area contributed by atoms with Gasteiger partial charge in [-0.25, -0.2) is 13.2 Å². The number of para-hydroxylation sites is 1. The van der Waals surface area contributed by atoms with Gasteiger partial charge in [-0.3, -0.25) is 4.79 Å². The molecule has 1 amide bonds. The van der Waals surface area contributed by atoms with E-state index in [4.69, 9.17) is 4.74 Å². The molecule has 0 saturated carbocycles. The quantitative estimate of drug-likeness (QED) is 0.637. The molecule has 0 aliphatic carbocycles. The third-order valence-electron chi connectivity index (χ3n) is 5.40. The summed E-state index contributed by atoms with van der Waals surface area (Å²) in [4.78, 5) is 26.6. The van der Waals surface area contributed by atoms with Gasteiger partial charge in [0.05, 0.1) is 10.5 Å². The van der Waals surface area contributed by atoms with E-state index < -0.39 is 22.1 Å². The van der Waals surface area contributed by atoms with Crippen LogP contribution in [0.15, 0.2) is 59.5 Å². The van der Waals surface area contributed by atoms with Gasteiger partial charge < -0.3 is 9.64 Å². The Morgan fingerprint density at radius 2 is 1.52 bits per heavy atom. The fourth-order valence-corrected chi connectivity index (χ4v) is 5.04. The van der Waals surface area contributed by atoms with Gasteiger partial charge >= 0.3 is 5.97 Å². The minimum atomic E-state index is -3.59. The predicted molar refractivity (Wildman–Crippen MR) is 118 cm³/mol. The predicted octanol–water partition coefficient (Wildman–Crippen LogP) is 3.46. The maximum Gasteiger partial charge on any atom is 0.338 e. The molecule has 0 N–H and O–H groups in total. The minimum absolute atomic E-state index is 0.152. The summed E-state index contributed by atoms with van der Waals surface area (Å²) in [5.74, 6) is -1.04. The molecular formula is C23H28N2O5S. The number of hydrogen-bond acceptors (Lipinski definition) is 5. The number of rotatable bonds is 6. The molecule has 2 aromatic carbocycles. The Bertz CT molecular complexity index is 998. The second kappa shape index (κ2) is 10.1. The van der Waals surface area contributed by atoms with Crippen LogP contribution >= 0.6 is 0 Å². The Morgan fingerprint density at radius 1 is 0.935 bits per heavy atom. The number of hydrogen-bond donors (Lipinski definition) is 0. The molecule has 8 heteroatoms. The second-order valence-corrected chi connectivity index (χ2v) is 9.56. The molecule has 0 spiro atoms. The van der Waals surface area contributed by atoms with Gasteiger partial charge in [0.25, 0.3) is 5.91 Å². The molecule has 166 valence electrons. The molecule has 0 unspecified atom stereocenters. The summed E-state index contributed by atoms with van der Waals surface area (Å²) in [7, 11) is -1.97. The van der Waals surface area contributed by atoms with E-state index in [1.165, 1.54) is 40.4 Å². The summed E-state index contributed by atoms with van der Waals surface area (Å²) in [6.45, 7) is 2.54. The molecular weight excluding hydrogens is 416 g/mol. The van der Waals surface area contributed by atoms with Crippen LogP contribution in [0.4, 0.5) is 5.69 Å². The number of anilines is 1. The highest BCUT2D eigenvalue weighted by Crippen LogP contribution is 2.21. The van der Waals surface area contributed by atoms with Crippen molar-refractivity contribution in [1.82, 2.24) is 4.31 Å². The van der Waals surface area contributed by atoms with Gasteiger partial charge in [-0.2, -0.15) is 4.31 Å². The summed E-state index contributed by atoms with van der Waals surface area (Å²) >= 11 is 0. The van der Waals surface area contributed by atoms with Crippen molar-refractivity contribution in [3.05, 3.63) is 60.2 Å². The zero-order valence-corrected chi connectivity index (χ0v) is 18.7. The Labute approximate surface area is 183 Å². The van der Waals surface area contributed by atoms with Crippen LogP contribution in [-0.2, 0) is 19.6 Å². The largest absolute Gasteiger partial charge is 0.449 e. The van der Waals surface area contributed by atoms with Crippen molar-refractivity contribution in [1.29, 1.82) is 0 Å². The number of nitrogens with zero attached hydrogens (tertiary/aromatic N) is 2. The Morgan fingerprint density at radius 3 is 2.10 bits per heavy atom. The van der Waals surface area contributed by atoms with E-state index in [-0.39, 0.29) is 16.4 Å². The van der Waals surface area contributed by atoms with Gasteiger partial charge in [0.2, 0.25) is 10.0 Å². The standard InChI is InChI=1S/C23H28N2O5S/c1-18(22(26)24(2)20-10-6-5-7-11-20)30-23(27)19-12-14-21(15-13-19)31(28,29)25-16-8-3-4-9-17-25/h5-7,10-15,18H,3-4,8-9,16-17H2,1-2H3/t18-/m0/s1. The monoisotopic (exact) mass is 444 g/mol. The van der Waals surface area contributed by atoms with Crippen LogP contribution < -0.4 is 4.90 Å². The molecule has 7 nitrogen and oxygen atoms in total. The van der Waals surface area contributed by atoms with Gasteiger partial charge in [0, 0.05) is 25.8 Å². The highest BCUT2D eigenvalue weighted by molar-refractivity contribution is 7.89. The Kier molecular flexibility index (Phi) is 7.46. The number of sulfonamides is 1. The molecule has 3 rings (SSSR count). The van der Waals surface area contributed by atoms with Gasteiger partial charge in [0.15, 0.2) is 6.10 Å². The zero-order valence-electron chi connectivity index (χ0n) is 17.9. The second-order valence-electron chi connectivity index (χ2n) is 7.62. The van der Waals surface area contributed by atoms with E-state index in [0.717, 1.165) is 25.7 Å². The van der Waals surface area contributed by atoms with Gasteiger partial charge in [-0.05, 0) is 56.2 Å². The lowest BCUT2D eigenvalue weighted by molar-refractivity contribution is -0.126. The third-order valence-corrected chi connectivity index (χ3v) is 7.31. The van der Waals surface area contributed by atoms with Gasteiger partial charge in [0.1, 0.15) is 0 Å². The summed E-state index contributed by atoms with van der Waals surface area (Å²) in [5, 5.41) is 0. The molecule has 0 bridgehead atoms. The van der Waals surface area contributed by atoms with Crippen molar-refractivity contribution >= 4 is 27.6 Å². The highest BCUT2D eigenvalue weighted by atomic mass is 32.2. The molecule has 2 aromatic rings. The fraction of sp³-hybridized carbons (Fsp3) is 0.391.